The van der Waals surface area contributed by atoms with E-state index in [1.165, 1.54) is 35.1 Å². The fraction of sp³-hybridized carbons (Fsp3) is 0.345. The van der Waals surface area contributed by atoms with Gasteiger partial charge in [0.1, 0.15) is 0 Å². The number of benzene rings is 2. The van der Waals surface area contributed by atoms with E-state index in [1.807, 2.05) is 18.5 Å². The molecule has 0 aliphatic carbocycles. The molecule has 2 aliphatic rings. The molecular formula is C29H33N3O. The molecule has 33 heavy (non-hydrogen) atoms. The Bertz CT molecular complexity index is 1040. The first-order chi connectivity index (χ1) is 16.3. The van der Waals surface area contributed by atoms with Crippen LogP contribution < -0.4 is 0 Å². The molecule has 0 saturated carbocycles. The summed E-state index contributed by atoms with van der Waals surface area (Å²) in [5.74, 6) is 0.375. The number of nitrogens with zero attached hydrogens (tertiary/aromatic N) is 3. The van der Waals surface area contributed by atoms with Crippen LogP contribution in [0.15, 0.2) is 79.1 Å². The number of aliphatic hydroxyl groups is 1. The van der Waals surface area contributed by atoms with Gasteiger partial charge in [0.05, 0.1) is 6.61 Å². The molecule has 0 bridgehead atoms. The number of aromatic nitrogens is 1. The maximum atomic E-state index is 10.2. The maximum Gasteiger partial charge on any atom is 0.0593 e. The summed E-state index contributed by atoms with van der Waals surface area (Å²) in [4.78, 5) is 9.30. The molecule has 0 radical (unpaired) electrons. The van der Waals surface area contributed by atoms with Crippen molar-refractivity contribution in [2.75, 3.05) is 26.2 Å². The Morgan fingerprint density at radius 3 is 2.27 bits per heavy atom. The van der Waals surface area contributed by atoms with E-state index in [4.69, 9.17) is 0 Å². The molecule has 4 heteroatoms. The van der Waals surface area contributed by atoms with E-state index in [0.29, 0.717) is 12.0 Å². The van der Waals surface area contributed by atoms with Gasteiger partial charge in [0.15, 0.2) is 0 Å². The fourth-order valence-electron chi connectivity index (χ4n) is 5.49. The first-order valence-electron chi connectivity index (χ1n) is 12.1. The number of aliphatic hydroxyl groups excluding tert-OH is 1. The molecular weight excluding hydrogens is 406 g/mol. The van der Waals surface area contributed by atoms with Gasteiger partial charge in [-0.15, -0.1) is 0 Å². The topological polar surface area (TPSA) is 39.6 Å². The van der Waals surface area contributed by atoms with Gasteiger partial charge in [0.2, 0.25) is 0 Å². The van der Waals surface area contributed by atoms with Crippen molar-refractivity contribution >= 4 is 12.2 Å². The lowest BCUT2D eigenvalue weighted by molar-refractivity contribution is -0.0655. The molecule has 3 atom stereocenters. The van der Waals surface area contributed by atoms with Gasteiger partial charge >= 0.3 is 0 Å². The molecule has 2 aliphatic heterocycles. The van der Waals surface area contributed by atoms with E-state index in [1.54, 1.807) is 0 Å². The Hall–Kier alpha value is -2.79. The largest absolute Gasteiger partial charge is 0.395 e. The number of fused-ring (bicyclic) bond motifs is 1. The Kier molecular flexibility index (Phi) is 6.96. The standard InChI is InChI=1S/C29H33N3O/c33-22-28-29(26-12-10-24(11-13-26)9-8-23-6-2-1-3-7-23)27-21-31(18-4-5-19-32(27)28)20-25-14-16-30-17-15-25/h1-3,6-17,27-29,33H,4-5,18-22H2/b9-8+/t27-,28+,29+/m0/s1. The molecule has 0 unspecified atom stereocenters. The van der Waals surface area contributed by atoms with Crippen molar-refractivity contribution in [1.29, 1.82) is 0 Å². The number of pyridine rings is 1. The Morgan fingerprint density at radius 2 is 1.55 bits per heavy atom. The van der Waals surface area contributed by atoms with E-state index < -0.39 is 0 Å². The molecule has 5 rings (SSSR count). The molecule has 170 valence electrons. The van der Waals surface area contributed by atoms with Crippen LogP contribution in [-0.4, -0.2) is 58.2 Å². The molecule has 0 amide bonds. The molecule has 3 aromatic rings. The van der Waals surface area contributed by atoms with Gasteiger partial charge in [-0.25, -0.2) is 0 Å². The third kappa shape index (κ3) is 5.09. The van der Waals surface area contributed by atoms with Crippen molar-refractivity contribution in [1.82, 2.24) is 14.8 Å². The SMILES string of the molecule is OC[C@@H]1[C@H](c2ccc(/C=C/c3ccccc3)cc2)[C@@H]2CN(Cc3ccncc3)CCCCN12. The summed E-state index contributed by atoms with van der Waals surface area (Å²) in [6.07, 6.45) is 10.5. The van der Waals surface area contributed by atoms with Crippen molar-refractivity contribution in [2.45, 2.75) is 37.4 Å². The van der Waals surface area contributed by atoms with Crippen LogP contribution in [0.2, 0.25) is 0 Å². The van der Waals surface area contributed by atoms with Gasteiger partial charge in [0, 0.05) is 43.5 Å². The summed E-state index contributed by atoms with van der Waals surface area (Å²) >= 11 is 0. The molecule has 2 fully saturated rings. The smallest absolute Gasteiger partial charge is 0.0593 e. The Labute approximate surface area is 197 Å². The summed E-state index contributed by atoms with van der Waals surface area (Å²) in [7, 11) is 0. The summed E-state index contributed by atoms with van der Waals surface area (Å²) in [6.45, 7) is 4.45. The highest BCUT2D eigenvalue weighted by atomic mass is 16.3. The van der Waals surface area contributed by atoms with E-state index in [-0.39, 0.29) is 12.6 Å². The fourth-order valence-corrected chi connectivity index (χ4v) is 5.49. The van der Waals surface area contributed by atoms with E-state index in [2.05, 4.69) is 87.6 Å². The highest BCUT2D eigenvalue weighted by Gasteiger charge is 2.48. The van der Waals surface area contributed by atoms with E-state index >= 15 is 0 Å². The van der Waals surface area contributed by atoms with Crippen molar-refractivity contribution in [3.8, 4) is 0 Å². The normalized spacial score (nSPS) is 24.1. The maximum absolute atomic E-state index is 10.2. The summed E-state index contributed by atoms with van der Waals surface area (Å²) in [6, 6.07) is 24.3. The lowest BCUT2D eigenvalue weighted by atomic mass is 9.74. The number of hydrogen-bond donors (Lipinski definition) is 1. The predicted molar refractivity (Wildman–Crippen MR) is 135 cm³/mol. The average Bonchev–Trinajstić information content (AvgIpc) is 2.85. The third-order valence-electron chi connectivity index (χ3n) is 7.20. The van der Waals surface area contributed by atoms with Crippen LogP contribution in [0.3, 0.4) is 0 Å². The zero-order valence-electron chi connectivity index (χ0n) is 19.1. The Balaban J connectivity index is 1.31. The van der Waals surface area contributed by atoms with Gasteiger partial charge in [-0.1, -0.05) is 66.7 Å². The summed E-state index contributed by atoms with van der Waals surface area (Å²) < 4.78 is 0. The van der Waals surface area contributed by atoms with Crippen molar-refractivity contribution in [2.24, 2.45) is 0 Å². The molecule has 2 aromatic carbocycles. The predicted octanol–water partition coefficient (Wildman–Crippen LogP) is 4.68. The minimum absolute atomic E-state index is 0.223. The van der Waals surface area contributed by atoms with Gasteiger partial charge in [0.25, 0.3) is 0 Å². The van der Waals surface area contributed by atoms with Crippen LogP contribution in [0.1, 0.15) is 41.0 Å². The zero-order chi connectivity index (χ0) is 22.5. The summed E-state index contributed by atoms with van der Waals surface area (Å²) in [5, 5.41) is 10.2. The molecule has 2 saturated heterocycles. The molecule has 0 spiro atoms. The quantitative estimate of drug-likeness (QED) is 0.566. The van der Waals surface area contributed by atoms with Crippen molar-refractivity contribution in [3.05, 3.63) is 101 Å². The minimum atomic E-state index is 0.223. The second-order valence-electron chi connectivity index (χ2n) is 9.29. The lowest BCUT2D eigenvalue weighted by Crippen LogP contribution is -2.67. The molecule has 3 heterocycles. The van der Waals surface area contributed by atoms with E-state index in [9.17, 15) is 5.11 Å². The highest BCUT2D eigenvalue weighted by Crippen LogP contribution is 2.42. The van der Waals surface area contributed by atoms with Gasteiger partial charge in [-0.2, -0.15) is 0 Å². The second-order valence-corrected chi connectivity index (χ2v) is 9.29. The van der Waals surface area contributed by atoms with Crippen LogP contribution in [0, 0.1) is 0 Å². The number of rotatable bonds is 6. The first kappa shape index (κ1) is 22.0. The van der Waals surface area contributed by atoms with Crippen molar-refractivity contribution < 1.29 is 5.11 Å². The zero-order valence-corrected chi connectivity index (χ0v) is 19.1. The van der Waals surface area contributed by atoms with Gasteiger partial charge in [-0.3, -0.25) is 14.8 Å². The van der Waals surface area contributed by atoms with Crippen LogP contribution in [-0.2, 0) is 6.54 Å². The average molecular weight is 440 g/mol. The van der Waals surface area contributed by atoms with Crippen LogP contribution in [0.5, 0.6) is 0 Å². The highest BCUT2D eigenvalue weighted by molar-refractivity contribution is 5.69. The first-order valence-corrected chi connectivity index (χ1v) is 12.1. The Morgan fingerprint density at radius 1 is 0.848 bits per heavy atom. The lowest BCUT2D eigenvalue weighted by Gasteiger charge is -2.57. The molecule has 4 nitrogen and oxygen atoms in total. The number of hydrogen-bond acceptors (Lipinski definition) is 4. The van der Waals surface area contributed by atoms with Gasteiger partial charge < -0.3 is 5.11 Å². The monoisotopic (exact) mass is 439 g/mol. The van der Waals surface area contributed by atoms with Crippen molar-refractivity contribution in [3.63, 3.8) is 0 Å². The van der Waals surface area contributed by atoms with Crippen LogP contribution in [0.25, 0.3) is 12.2 Å². The molecule has 1 N–H and O–H groups in total. The van der Waals surface area contributed by atoms with Crippen LogP contribution >= 0.6 is 0 Å². The second kappa shape index (κ2) is 10.4. The minimum Gasteiger partial charge on any atom is -0.395 e. The van der Waals surface area contributed by atoms with Gasteiger partial charge in [-0.05, 0) is 60.3 Å². The third-order valence-corrected chi connectivity index (χ3v) is 7.20. The van der Waals surface area contributed by atoms with E-state index in [0.717, 1.165) is 26.2 Å². The molecule has 1 aromatic heterocycles. The van der Waals surface area contributed by atoms with Crippen LogP contribution in [0.4, 0.5) is 0 Å². The summed E-state index contributed by atoms with van der Waals surface area (Å²) in [5.41, 5.74) is 5.08.